The number of nitrogens with zero attached hydrogens (tertiary/aromatic N) is 1. The van der Waals surface area contributed by atoms with E-state index in [-0.39, 0.29) is 30.4 Å². The summed E-state index contributed by atoms with van der Waals surface area (Å²) in [5.74, 6) is -0.385. The van der Waals surface area contributed by atoms with Crippen LogP contribution in [0.5, 0.6) is 0 Å². The fraction of sp³-hybridized carbons (Fsp3) is 0.286. The van der Waals surface area contributed by atoms with Crippen LogP contribution in [0.25, 0.3) is 0 Å². The van der Waals surface area contributed by atoms with Crippen molar-refractivity contribution in [1.82, 2.24) is 4.90 Å². The normalized spacial score (nSPS) is 13.4. The Hall–Kier alpha value is -2.66. The van der Waals surface area contributed by atoms with Gasteiger partial charge in [-0.05, 0) is 55.3 Å². The van der Waals surface area contributed by atoms with Crippen molar-refractivity contribution in [3.8, 4) is 0 Å². The van der Waals surface area contributed by atoms with Gasteiger partial charge in [0, 0.05) is 47.8 Å². The number of carbonyl (C=O) groups is 3. The van der Waals surface area contributed by atoms with Crippen LogP contribution in [-0.4, -0.2) is 35.6 Å². The molecule has 3 rings (SSSR count). The lowest BCUT2D eigenvalue weighted by Gasteiger charge is -2.15. The molecule has 2 aromatic rings. The number of Topliss-reactive ketones (excluding diaryl/α,β-unsaturated/α-hetero) is 1. The van der Waals surface area contributed by atoms with Crippen LogP contribution in [0.3, 0.4) is 0 Å². The molecule has 2 amide bonds. The highest BCUT2D eigenvalue weighted by molar-refractivity contribution is 6.30. The summed E-state index contributed by atoms with van der Waals surface area (Å²) in [6.45, 7) is 1.56. The largest absolute Gasteiger partial charge is 0.339 e. The van der Waals surface area contributed by atoms with Crippen molar-refractivity contribution >= 4 is 34.9 Å². The summed E-state index contributed by atoms with van der Waals surface area (Å²) in [5.41, 5.74) is 1.65. The van der Waals surface area contributed by atoms with Gasteiger partial charge in [-0.1, -0.05) is 17.7 Å². The third kappa shape index (κ3) is 5.17. The van der Waals surface area contributed by atoms with E-state index in [2.05, 4.69) is 5.32 Å². The predicted octanol–water partition coefficient (Wildman–Crippen LogP) is 4.18. The number of halogens is 1. The summed E-state index contributed by atoms with van der Waals surface area (Å²) in [7, 11) is 0. The second kappa shape index (κ2) is 8.82. The number of likely N-dealkylation sites (tertiary alicyclic amines) is 1. The number of benzene rings is 2. The summed E-state index contributed by atoms with van der Waals surface area (Å²) in [6, 6.07) is 13.5. The molecule has 5 nitrogen and oxygen atoms in total. The van der Waals surface area contributed by atoms with E-state index in [1.54, 1.807) is 48.5 Å². The molecule has 6 heteroatoms. The lowest BCUT2D eigenvalue weighted by Crippen LogP contribution is -2.27. The first-order valence-corrected chi connectivity index (χ1v) is 9.39. The maximum absolute atomic E-state index is 12.4. The Bertz CT molecular complexity index is 843. The third-order valence-electron chi connectivity index (χ3n) is 4.53. The van der Waals surface area contributed by atoms with Crippen LogP contribution < -0.4 is 5.32 Å². The molecule has 140 valence electrons. The number of rotatable bonds is 6. The average molecular weight is 385 g/mol. The van der Waals surface area contributed by atoms with Gasteiger partial charge in [-0.3, -0.25) is 14.4 Å². The topological polar surface area (TPSA) is 66.5 Å². The van der Waals surface area contributed by atoms with Gasteiger partial charge < -0.3 is 10.2 Å². The molecule has 0 aromatic heterocycles. The summed E-state index contributed by atoms with van der Waals surface area (Å²) >= 11 is 5.81. The Morgan fingerprint density at radius 1 is 0.926 bits per heavy atom. The Kier molecular flexibility index (Phi) is 6.24. The monoisotopic (exact) mass is 384 g/mol. The maximum atomic E-state index is 12.4. The summed E-state index contributed by atoms with van der Waals surface area (Å²) in [4.78, 5) is 38.6. The van der Waals surface area contributed by atoms with Crippen LogP contribution in [0.4, 0.5) is 5.69 Å². The molecule has 0 unspecified atom stereocenters. The van der Waals surface area contributed by atoms with E-state index >= 15 is 0 Å². The fourth-order valence-corrected chi connectivity index (χ4v) is 3.19. The maximum Gasteiger partial charge on any atom is 0.253 e. The van der Waals surface area contributed by atoms with Crippen LogP contribution >= 0.6 is 11.6 Å². The standard InChI is InChI=1S/C21H21ClN2O3/c22-17-8-6-15(7-9-17)19(25)10-11-20(26)23-18-5-3-4-16(14-18)21(27)24-12-1-2-13-24/h3-9,14H,1-2,10-13H2,(H,23,26). The minimum absolute atomic E-state index is 0.0125. The lowest BCUT2D eigenvalue weighted by atomic mass is 10.1. The van der Waals surface area contributed by atoms with Crippen molar-refractivity contribution < 1.29 is 14.4 Å². The Morgan fingerprint density at radius 2 is 1.63 bits per heavy atom. The molecule has 1 saturated heterocycles. The van der Waals surface area contributed by atoms with Crippen LogP contribution in [0.1, 0.15) is 46.4 Å². The second-order valence-electron chi connectivity index (χ2n) is 6.56. The Balaban J connectivity index is 1.54. The molecular formula is C21H21ClN2O3. The van der Waals surface area contributed by atoms with E-state index in [9.17, 15) is 14.4 Å². The van der Waals surface area contributed by atoms with E-state index in [1.165, 1.54) is 0 Å². The number of nitrogens with one attached hydrogen (secondary N) is 1. The van der Waals surface area contributed by atoms with E-state index in [4.69, 9.17) is 11.6 Å². The number of carbonyl (C=O) groups excluding carboxylic acids is 3. The molecule has 0 atom stereocenters. The number of ketones is 1. The van der Waals surface area contributed by atoms with Crippen LogP contribution in [-0.2, 0) is 4.79 Å². The summed E-state index contributed by atoms with van der Waals surface area (Å²) in [5, 5.41) is 3.32. The van der Waals surface area contributed by atoms with Crippen LogP contribution in [0.2, 0.25) is 5.02 Å². The predicted molar refractivity (Wildman–Crippen MR) is 105 cm³/mol. The first-order valence-electron chi connectivity index (χ1n) is 9.01. The van der Waals surface area contributed by atoms with Crippen molar-refractivity contribution in [1.29, 1.82) is 0 Å². The van der Waals surface area contributed by atoms with Gasteiger partial charge in [0.15, 0.2) is 5.78 Å². The van der Waals surface area contributed by atoms with Gasteiger partial charge in [0.25, 0.3) is 5.91 Å². The van der Waals surface area contributed by atoms with E-state index in [0.29, 0.717) is 21.8 Å². The second-order valence-corrected chi connectivity index (χ2v) is 6.99. The van der Waals surface area contributed by atoms with E-state index in [1.807, 2.05) is 4.90 Å². The summed E-state index contributed by atoms with van der Waals surface area (Å²) < 4.78 is 0. The molecule has 2 aromatic carbocycles. The van der Waals surface area contributed by atoms with Gasteiger partial charge in [-0.2, -0.15) is 0 Å². The molecule has 1 N–H and O–H groups in total. The van der Waals surface area contributed by atoms with Crippen LogP contribution in [0, 0.1) is 0 Å². The fourth-order valence-electron chi connectivity index (χ4n) is 3.06. The number of amides is 2. The van der Waals surface area contributed by atoms with Gasteiger partial charge >= 0.3 is 0 Å². The van der Waals surface area contributed by atoms with Gasteiger partial charge in [0.2, 0.25) is 5.91 Å². The molecule has 1 heterocycles. The molecule has 27 heavy (non-hydrogen) atoms. The van der Waals surface area contributed by atoms with Gasteiger partial charge in [-0.25, -0.2) is 0 Å². The van der Waals surface area contributed by atoms with Crippen molar-refractivity contribution in [2.24, 2.45) is 0 Å². The van der Waals surface area contributed by atoms with E-state index < -0.39 is 0 Å². The van der Waals surface area contributed by atoms with Gasteiger partial charge in [0.05, 0.1) is 0 Å². The minimum Gasteiger partial charge on any atom is -0.339 e. The van der Waals surface area contributed by atoms with Crippen molar-refractivity contribution in [2.45, 2.75) is 25.7 Å². The SMILES string of the molecule is O=C(CCC(=O)c1ccc(Cl)cc1)Nc1cccc(C(=O)N2CCCC2)c1. The molecule has 0 aliphatic carbocycles. The van der Waals surface area contributed by atoms with Crippen LogP contribution in [0.15, 0.2) is 48.5 Å². The highest BCUT2D eigenvalue weighted by Crippen LogP contribution is 2.17. The summed E-state index contributed by atoms with van der Waals surface area (Å²) in [6.07, 6.45) is 2.25. The van der Waals surface area contributed by atoms with Crippen molar-refractivity contribution in [3.63, 3.8) is 0 Å². The highest BCUT2D eigenvalue weighted by atomic mass is 35.5. The Morgan fingerprint density at radius 3 is 2.33 bits per heavy atom. The molecular weight excluding hydrogens is 364 g/mol. The quantitative estimate of drug-likeness (QED) is 0.760. The Labute approximate surface area is 163 Å². The first kappa shape index (κ1) is 19.1. The minimum atomic E-state index is -0.261. The van der Waals surface area contributed by atoms with Crippen molar-refractivity contribution in [3.05, 3.63) is 64.7 Å². The molecule has 0 radical (unpaired) electrons. The number of anilines is 1. The van der Waals surface area contributed by atoms with Crippen molar-refractivity contribution in [2.75, 3.05) is 18.4 Å². The molecule has 1 fully saturated rings. The number of hydrogen-bond acceptors (Lipinski definition) is 3. The molecule has 1 aliphatic rings. The zero-order chi connectivity index (χ0) is 19.2. The molecule has 1 aliphatic heterocycles. The number of hydrogen-bond donors (Lipinski definition) is 1. The van der Waals surface area contributed by atoms with Gasteiger partial charge in [0.1, 0.15) is 0 Å². The highest BCUT2D eigenvalue weighted by Gasteiger charge is 2.19. The third-order valence-corrected chi connectivity index (χ3v) is 4.78. The van der Waals surface area contributed by atoms with Gasteiger partial charge in [-0.15, -0.1) is 0 Å². The smallest absolute Gasteiger partial charge is 0.253 e. The molecule has 0 spiro atoms. The first-order chi connectivity index (χ1) is 13.0. The molecule has 0 bridgehead atoms. The lowest BCUT2D eigenvalue weighted by molar-refractivity contribution is -0.116. The molecule has 0 saturated carbocycles. The zero-order valence-electron chi connectivity index (χ0n) is 14.9. The van der Waals surface area contributed by atoms with E-state index in [0.717, 1.165) is 25.9 Å². The average Bonchev–Trinajstić information content (AvgIpc) is 3.21. The zero-order valence-corrected chi connectivity index (χ0v) is 15.7.